The molecule has 0 unspecified atom stereocenters. The summed E-state index contributed by atoms with van der Waals surface area (Å²) in [6.45, 7) is 3.29. The van der Waals surface area contributed by atoms with E-state index in [1.807, 2.05) is 18.2 Å². The minimum absolute atomic E-state index is 0.105. The molecule has 6 nitrogen and oxygen atoms in total. The SMILES string of the molecule is Cc1nn(-c2ccccc2)c(Cl)c1C(=O)O[C@@H](C)C(=O)NCc1ccc(F)cc1. The fourth-order valence-corrected chi connectivity index (χ4v) is 3.03. The van der Waals surface area contributed by atoms with Gasteiger partial charge in [-0.2, -0.15) is 5.10 Å². The van der Waals surface area contributed by atoms with Gasteiger partial charge in [-0.15, -0.1) is 0 Å². The first-order valence-electron chi connectivity index (χ1n) is 8.90. The van der Waals surface area contributed by atoms with Crippen molar-refractivity contribution in [3.05, 3.63) is 82.4 Å². The number of amides is 1. The van der Waals surface area contributed by atoms with E-state index in [1.54, 1.807) is 31.2 Å². The number of nitrogens with one attached hydrogen (secondary N) is 1. The number of nitrogens with zero attached hydrogens (tertiary/aromatic N) is 2. The van der Waals surface area contributed by atoms with E-state index in [0.717, 1.165) is 5.56 Å². The number of carbonyl (C=O) groups is 2. The first-order valence-corrected chi connectivity index (χ1v) is 9.28. The first kappa shape index (κ1) is 20.5. The van der Waals surface area contributed by atoms with Crippen LogP contribution in [0, 0.1) is 12.7 Å². The van der Waals surface area contributed by atoms with E-state index < -0.39 is 18.0 Å². The number of hydrogen-bond donors (Lipinski definition) is 1. The van der Waals surface area contributed by atoms with E-state index >= 15 is 0 Å². The Bertz CT molecular complexity index is 1020. The molecule has 3 rings (SSSR count). The number of aryl methyl sites for hydroxylation is 1. The van der Waals surface area contributed by atoms with Crippen molar-refractivity contribution in [3.8, 4) is 5.69 Å². The predicted molar refractivity (Wildman–Crippen MR) is 106 cm³/mol. The Hall–Kier alpha value is -3.19. The number of carbonyl (C=O) groups excluding carboxylic acids is 2. The molecule has 1 heterocycles. The highest BCUT2D eigenvalue weighted by Crippen LogP contribution is 2.24. The van der Waals surface area contributed by atoms with Crippen LogP contribution in [-0.2, 0) is 16.1 Å². The second-order valence-corrected chi connectivity index (χ2v) is 6.75. The standard InChI is InChI=1S/C21H19ClFN3O3/c1-13-18(19(22)26(25-13)17-6-4-3-5-7-17)21(28)29-14(2)20(27)24-12-15-8-10-16(23)11-9-15/h3-11,14H,12H2,1-2H3,(H,24,27)/t14-/m0/s1. The maximum atomic E-state index is 12.9. The zero-order valence-corrected chi connectivity index (χ0v) is 16.6. The number of hydrogen-bond acceptors (Lipinski definition) is 4. The van der Waals surface area contributed by atoms with Gasteiger partial charge in [0.15, 0.2) is 6.10 Å². The minimum Gasteiger partial charge on any atom is -0.449 e. The summed E-state index contributed by atoms with van der Waals surface area (Å²) in [5.41, 5.74) is 1.92. The van der Waals surface area contributed by atoms with Crippen molar-refractivity contribution in [2.75, 3.05) is 0 Å². The van der Waals surface area contributed by atoms with Crippen molar-refractivity contribution in [1.29, 1.82) is 0 Å². The van der Waals surface area contributed by atoms with Crippen molar-refractivity contribution in [2.24, 2.45) is 0 Å². The predicted octanol–water partition coefficient (Wildman–Crippen LogP) is 3.83. The minimum atomic E-state index is -1.04. The molecule has 0 fully saturated rings. The lowest BCUT2D eigenvalue weighted by Gasteiger charge is -2.13. The van der Waals surface area contributed by atoms with Crippen molar-refractivity contribution < 1.29 is 18.7 Å². The molecule has 3 aromatic rings. The lowest BCUT2D eigenvalue weighted by atomic mass is 10.2. The molecule has 8 heteroatoms. The fourth-order valence-electron chi connectivity index (χ4n) is 2.68. The van der Waals surface area contributed by atoms with Crippen LogP contribution in [0.1, 0.15) is 28.5 Å². The molecule has 0 spiro atoms. The molecule has 1 N–H and O–H groups in total. The van der Waals surface area contributed by atoms with Gasteiger partial charge in [0.25, 0.3) is 5.91 Å². The third-order valence-corrected chi connectivity index (χ3v) is 4.59. The molecule has 0 aliphatic heterocycles. The molecular weight excluding hydrogens is 397 g/mol. The van der Waals surface area contributed by atoms with Crippen LogP contribution in [0.3, 0.4) is 0 Å². The Morgan fingerprint density at radius 1 is 1.17 bits per heavy atom. The number of ether oxygens (including phenoxy) is 1. The fraction of sp³-hybridized carbons (Fsp3) is 0.190. The topological polar surface area (TPSA) is 73.2 Å². The first-order chi connectivity index (χ1) is 13.9. The van der Waals surface area contributed by atoms with Gasteiger partial charge in [-0.3, -0.25) is 4.79 Å². The summed E-state index contributed by atoms with van der Waals surface area (Å²) in [4.78, 5) is 24.8. The van der Waals surface area contributed by atoms with Crippen molar-refractivity contribution in [2.45, 2.75) is 26.5 Å². The molecular formula is C21H19ClFN3O3. The second-order valence-electron chi connectivity index (χ2n) is 6.39. The van der Waals surface area contributed by atoms with Crippen LogP contribution in [0.5, 0.6) is 0 Å². The number of esters is 1. The van der Waals surface area contributed by atoms with Gasteiger partial charge in [-0.1, -0.05) is 41.9 Å². The van der Waals surface area contributed by atoms with Gasteiger partial charge < -0.3 is 10.1 Å². The highest BCUT2D eigenvalue weighted by Gasteiger charge is 2.26. The van der Waals surface area contributed by atoms with Crippen LogP contribution in [0.2, 0.25) is 5.15 Å². The maximum Gasteiger partial charge on any atom is 0.344 e. The average Bonchev–Trinajstić information content (AvgIpc) is 3.02. The largest absolute Gasteiger partial charge is 0.449 e. The van der Waals surface area contributed by atoms with Crippen molar-refractivity contribution >= 4 is 23.5 Å². The maximum absolute atomic E-state index is 12.9. The molecule has 0 saturated heterocycles. The molecule has 0 bridgehead atoms. The molecule has 0 aliphatic rings. The summed E-state index contributed by atoms with van der Waals surface area (Å²) < 4.78 is 19.6. The van der Waals surface area contributed by atoms with Gasteiger partial charge in [0.1, 0.15) is 16.5 Å². The van der Waals surface area contributed by atoms with Gasteiger partial charge in [0, 0.05) is 6.54 Å². The van der Waals surface area contributed by atoms with E-state index in [-0.39, 0.29) is 23.1 Å². The monoisotopic (exact) mass is 415 g/mol. The molecule has 0 aliphatic carbocycles. The van der Waals surface area contributed by atoms with Crippen molar-refractivity contribution in [1.82, 2.24) is 15.1 Å². The molecule has 150 valence electrons. The highest BCUT2D eigenvalue weighted by atomic mass is 35.5. The highest BCUT2D eigenvalue weighted by molar-refractivity contribution is 6.33. The average molecular weight is 416 g/mol. The van der Waals surface area contributed by atoms with E-state index in [9.17, 15) is 14.0 Å². The smallest absolute Gasteiger partial charge is 0.344 e. The summed E-state index contributed by atoms with van der Waals surface area (Å²) in [5, 5.41) is 7.04. The number of aromatic nitrogens is 2. The summed E-state index contributed by atoms with van der Waals surface area (Å²) >= 11 is 6.34. The molecule has 1 amide bonds. The lowest BCUT2D eigenvalue weighted by Crippen LogP contribution is -2.35. The van der Waals surface area contributed by atoms with E-state index in [0.29, 0.717) is 11.4 Å². The van der Waals surface area contributed by atoms with Crippen LogP contribution in [0.15, 0.2) is 54.6 Å². The van der Waals surface area contributed by atoms with Crippen LogP contribution in [0.4, 0.5) is 4.39 Å². The lowest BCUT2D eigenvalue weighted by molar-refractivity contribution is -0.129. The Labute approximate surface area is 172 Å². The number of rotatable bonds is 6. The molecule has 29 heavy (non-hydrogen) atoms. The molecule has 1 aromatic heterocycles. The van der Waals surface area contributed by atoms with Gasteiger partial charge in [0.05, 0.1) is 11.4 Å². The quantitative estimate of drug-likeness (QED) is 0.621. The van der Waals surface area contributed by atoms with Gasteiger partial charge in [-0.25, -0.2) is 13.9 Å². The molecule has 0 saturated carbocycles. The Morgan fingerprint density at radius 2 is 1.83 bits per heavy atom. The Morgan fingerprint density at radius 3 is 2.48 bits per heavy atom. The van der Waals surface area contributed by atoms with Crippen LogP contribution in [0.25, 0.3) is 5.69 Å². The third-order valence-electron chi connectivity index (χ3n) is 4.24. The van der Waals surface area contributed by atoms with Crippen LogP contribution in [-0.4, -0.2) is 27.8 Å². The van der Waals surface area contributed by atoms with Crippen molar-refractivity contribution in [3.63, 3.8) is 0 Å². The van der Waals surface area contributed by atoms with E-state index in [4.69, 9.17) is 16.3 Å². The van der Waals surface area contributed by atoms with E-state index in [2.05, 4.69) is 10.4 Å². The number of benzene rings is 2. The van der Waals surface area contributed by atoms with E-state index in [1.165, 1.54) is 23.7 Å². The van der Waals surface area contributed by atoms with Gasteiger partial charge in [0.2, 0.25) is 0 Å². The molecule has 2 aromatic carbocycles. The summed E-state index contributed by atoms with van der Waals surface area (Å²) in [5.74, 6) is -1.57. The summed E-state index contributed by atoms with van der Waals surface area (Å²) in [7, 11) is 0. The zero-order valence-electron chi connectivity index (χ0n) is 15.9. The summed E-state index contributed by atoms with van der Waals surface area (Å²) in [6.07, 6.45) is -1.04. The third kappa shape index (κ3) is 4.81. The van der Waals surface area contributed by atoms with Crippen LogP contribution < -0.4 is 5.32 Å². The van der Waals surface area contributed by atoms with Gasteiger partial charge >= 0.3 is 5.97 Å². The summed E-state index contributed by atoms with van der Waals surface area (Å²) in [6, 6.07) is 14.9. The number of halogens is 2. The Kier molecular flexibility index (Phi) is 6.29. The molecule has 0 radical (unpaired) electrons. The zero-order chi connectivity index (χ0) is 21.0. The number of para-hydroxylation sites is 1. The van der Waals surface area contributed by atoms with Crippen LogP contribution >= 0.6 is 11.6 Å². The second kappa shape index (κ2) is 8.87. The van der Waals surface area contributed by atoms with Gasteiger partial charge in [-0.05, 0) is 43.7 Å². The Balaban J connectivity index is 1.65. The normalized spacial score (nSPS) is 11.7. The molecule has 1 atom stereocenters.